The van der Waals surface area contributed by atoms with E-state index < -0.39 is 18.4 Å². The van der Waals surface area contributed by atoms with Crippen molar-refractivity contribution < 1.29 is 27.9 Å². The zero-order chi connectivity index (χ0) is 22.1. The number of anilines is 1. The van der Waals surface area contributed by atoms with Crippen molar-refractivity contribution in [3.05, 3.63) is 77.9 Å². The smallest absolute Gasteiger partial charge is 0.350 e. The van der Waals surface area contributed by atoms with Gasteiger partial charge in [-0.1, -0.05) is 59.8 Å². The number of hydrogen-bond donors (Lipinski definition) is 3. The molecule has 0 fully saturated rings. The van der Waals surface area contributed by atoms with Crippen molar-refractivity contribution in [2.24, 2.45) is 5.16 Å². The molecule has 1 heterocycles. The lowest BCUT2D eigenvalue weighted by atomic mass is 10.0. The quantitative estimate of drug-likeness (QED) is 0.570. The summed E-state index contributed by atoms with van der Waals surface area (Å²) in [6.07, 6.45) is -5.73. The van der Waals surface area contributed by atoms with Crippen LogP contribution in [0.1, 0.15) is 17.5 Å². The Bertz CT molecular complexity index is 1150. The predicted octanol–water partition coefficient (Wildman–Crippen LogP) is 4.54. The summed E-state index contributed by atoms with van der Waals surface area (Å²) < 4.78 is 38.4. The molecule has 0 aliphatic carbocycles. The molecule has 9 heteroatoms. The van der Waals surface area contributed by atoms with Gasteiger partial charge in [0.15, 0.2) is 0 Å². The molecule has 3 aromatic carbocycles. The number of oxime groups is 1. The van der Waals surface area contributed by atoms with E-state index in [0.717, 1.165) is 16.3 Å². The van der Waals surface area contributed by atoms with E-state index in [4.69, 9.17) is 0 Å². The molecule has 6 nitrogen and oxygen atoms in total. The molecule has 160 valence electrons. The van der Waals surface area contributed by atoms with E-state index in [1.807, 2.05) is 42.5 Å². The van der Waals surface area contributed by atoms with Crippen LogP contribution in [0.2, 0.25) is 0 Å². The van der Waals surface area contributed by atoms with E-state index in [0.29, 0.717) is 11.3 Å². The van der Waals surface area contributed by atoms with Crippen LogP contribution in [0.4, 0.5) is 23.7 Å². The maximum Gasteiger partial charge on any atom is 0.458 e. The van der Waals surface area contributed by atoms with Gasteiger partial charge in [-0.15, -0.1) is 0 Å². The number of alkyl halides is 3. The molecular formula is C22H18F3N3O3. The van der Waals surface area contributed by atoms with Crippen LogP contribution >= 0.6 is 0 Å². The van der Waals surface area contributed by atoms with E-state index in [1.165, 1.54) is 0 Å². The number of amides is 2. The van der Waals surface area contributed by atoms with Crippen LogP contribution in [0.5, 0.6) is 0 Å². The van der Waals surface area contributed by atoms with Gasteiger partial charge in [-0.25, -0.2) is 4.79 Å². The lowest BCUT2D eigenvalue weighted by Crippen LogP contribution is -2.45. The Labute approximate surface area is 175 Å². The number of nitrogens with one attached hydrogen (secondary N) is 2. The molecule has 1 aliphatic heterocycles. The molecule has 2 amide bonds. The molecule has 0 bridgehead atoms. The molecule has 31 heavy (non-hydrogen) atoms. The maximum atomic E-state index is 12.8. The van der Waals surface area contributed by atoms with Gasteiger partial charge < -0.3 is 20.6 Å². The highest BCUT2D eigenvalue weighted by molar-refractivity contribution is 6.01. The molecule has 0 radical (unpaired) electrons. The van der Waals surface area contributed by atoms with E-state index in [2.05, 4.69) is 20.6 Å². The first-order valence-corrected chi connectivity index (χ1v) is 9.41. The molecule has 3 N–H and O–H groups in total. The summed E-state index contributed by atoms with van der Waals surface area (Å²) in [6.45, 7) is 0.217. The van der Waals surface area contributed by atoms with Gasteiger partial charge in [0.05, 0.1) is 12.1 Å². The minimum atomic E-state index is -4.94. The minimum Gasteiger partial charge on any atom is -0.350 e. The van der Waals surface area contributed by atoms with Crippen molar-refractivity contribution in [3.63, 3.8) is 0 Å². The number of benzene rings is 3. The average Bonchev–Trinajstić information content (AvgIpc) is 3.16. The molecule has 0 aromatic heterocycles. The summed E-state index contributed by atoms with van der Waals surface area (Å²) in [6, 6.07) is 19.4. The van der Waals surface area contributed by atoms with Crippen molar-refractivity contribution in [3.8, 4) is 0 Å². The first kappa shape index (κ1) is 20.7. The first-order valence-electron chi connectivity index (χ1n) is 9.41. The Balaban J connectivity index is 1.32. The van der Waals surface area contributed by atoms with Crippen LogP contribution in [-0.2, 0) is 11.4 Å². The zero-order valence-electron chi connectivity index (χ0n) is 16.1. The fourth-order valence-electron chi connectivity index (χ4n) is 3.17. The maximum absolute atomic E-state index is 12.8. The van der Waals surface area contributed by atoms with E-state index in [-0.39, 0.29) is 18.3 Å². The number of aliphatic hydroxyl groups is 1. The Hall–Kier alpha value is -3.59. The molecule has 0 spiro atoms. The monoisotopic (exact) mass is 429 g/mol. The Kier molecular flexibility index (Phi) is 5.28. The number of rotatable bonds is 4. The van der Waals surface area contributed by atoms with Crippen LogP contribution in [0, 0.1) is 0 Å². The summed E-state index contributed by atoms with van der Waals surface area (Å²) in [5.74, 6) is -3.30. The minimum absolute atomic E-state index is 0.00613. The van der Waals surface area contributed by atoms with Crippen LogP contribution in [0.15, 0.2) is 71.9 Å². The number of urea groups is 1. The second-order valence-corrected chi connectivity index (χ2v) is 7.15. The van der Waals surface area contributed by atoms with Gasteiger partial charge in [0, 0.05) is 12.2 Å². The third-order valence-corrected chi connectivity index (χ3v) is 4.90. The second-order valence-electron chi connectivity index (χ2n) is 7.15. The van der Waals surface area contributed by atoms with Gasteiger partial charge in [-0.05, 0) is 34.0 Å². The molecule has 0 saturated carbocycles. The third-order valence-electron chi connectivity index (χ3n) is 4.90. The molecule has 0 saturated heterocycles. The van der Waals surface area contributed by atoms with Crippen molar-refractivity contribution in [2.75, 3.05) is 5.32 Å². The fraction of sp³-hybridized carbons (Fsp3) is 0.182. The lowest BCUT2D eigenvalue weighted by Gasteiger charge is -2.22. The highest BCUT2D eigenvalue weighted by atomic mass is 19.4. The summed E-state index contributed by atoms with van der Waals surface area (Å²) in [5, 5.41) is 20.5. The molecule has 1 atom stereocenters. The number of nitrogens with zero attached hydrogens (tertiary/aromatic N) is 1. The third kappa shape index (κ3) is 4.46. The van der Waals surface area contributed by atoms with E-state index in [1.54, 1.807) is 24.3 Å². The number of hydrogen-bond acceptors (Lipinski definition) is 4. The average molecular weight is 429 g/mol. The SMILES string of the molecule is O=C(NCc1ccc(C2=NOC(O)(C(F)(F)F)C2)cc1)Nc1ccc2ccccc2c1. The first-order chi connectivity index (χ1) is 14.7. The summed E-state index contributed by atoms with van der Waals surface area (Å²) in [5.41, 5.74) is 1.78. The molecule has 4 rings (SSSR count). The normalized spacial score (nSPS) is 18.4. The second kappa shape index (κ2) is 7.92. The number of fused-ring (bicyclic) bond motifs is 1. The van der Waals surface area contributed by atoms with Crippen LogP contribution < -0.4 is 10.6 Å². The number of halogens is 3. The van der Waals surface area contributed by atoms with Crippen LogP contribution in [0.3, 0.4) is 0 Å². The summed E-state index contributed by atoms with van der Waals surface area (Å²) in [7, 11) is 0. The predicted molar refractivity (Wildman–Crippen MR) is 109 cm³/mol. The number of carbonyl (C=O) groups excluding carboxylic acids is 1. The van der Waals surface area contributed by atoms with E-state index in [9.17, 15) is 23.1 Å². The zero-order valence-corrected chi connectivity index (χ0v) is 16.1. The van der Waals surface area contributed by atoms with Gasteiger partial charge in [0.1, 0.15) is 0 Å². The van der Waals surface area contributed by atoms with Gasteiger partial charge in [-0.2, -0.15) is 13.2 Å². The fourth-order valence-corrected chi connectivity index (χ4v) is 3.17. The molecule has 3 aromatic rings. The van der Waals surface area contributed by atoms with Gasteiger partial charge in [0.2, 0.25) is 0 Å². The topological polar surface area (TPSA) is 83.0 Å². The standard InChI is InChI=1S/C22H18F3N3O3/c23-22(24,25)21(30)12-19(28-31-21)16-7-5-14(6-8-16)13-26-20(29)27-18-10-9-15-3-1-2-4-17(15)11-18/h1-11,30H,12-13H2,(H2,26,27,29). The highest BCUT2D eigenvalue weighted by Crippen LogP contribution is 2.38. The van der Waals surface area contributed by atoms with Crippen molar-refractivity contribution in [2.45, 2.75) is 24.9 Å². The summed E-state index contributed by atoms with van der Waals surface area (Å²) >= 11 is 0. The Morgan fingerprint density at radius 3 is 2.45 bits per heavy atom. The van der Waals surface area contributed by atoms with Crippen molar-refractivity contribution >= 4 is 28.2 Å². The van der Waals surface area contributed by atoms with E-state index >= 15 is 0 Å². The van der Waals surface area contributed by atoms with Gasteiger partial charge in [0.25, 0.3) is 0 Å². The largest absolute Gasteiger partial charge is 0.458 e. The molecule has 1 unspecified atom stereocenters. The highest BCUT2D eigenvalue weighted by Gasteiger charge is 2.60. The molecule has 1 aliphatic rings. The van der Waals surface area contributed by atoms with Crippen molar-refractivity contribution in [1.29, 1.82) is 0 Å². The van der Waals surface area contributed by atoms with Crippen LogP contribution in [0.25, 0.3) is 10.8 Å². The molecular weight excluding hydrogens is 411 g/mol. The lowest BCUT2D eigenvalue weighted by molar-refractivity contribution is -0.355. The summed E-state index contributed by atoms with van der Waals surface area (Å²) in [4.78, 5) is 16.4. The van der Waals surface area contributed by atoms with Crippen molar-refractivity contribution in [1.82, 2.24) is 5.32 Å². The Morgan fingerprint density at radius 2 is 1.77 bits per heavy atom. The van der Waals surface area contributed by atoms with Gasteiger partial charge >= 0.3 is 18.0 Å². The number of carbonyl (C=O) groups is 1. The Morgan fingerprint density at radius 1 is 1.06 bits per heavy atom. The van der Waals surface area contributed by atoms with Gasteiger partial charge in [-0.3, -0.25) is 0 Å². The van der Waals surface area contributed by atoms with Crippen LogP contribution in [-0.4, -0.2) is 28.8 Å².